The standard InChI is InChI=1S/C98H61BN6/c100-62-70-40-27-41-71(63-101)95(70)74-56-83(68-36-15-5-16-37-68)98(84(57-74)69-38-17-6-18-39-69)105-92-61-76(103-89-48-25-21-44-79(89)80-45-22-26-49-90(80)103)51-53-86(92)99-85-52-50-75(102-87-46-23-19-42-77(87)78-43-20-24-47-88(78)102)60-91(85)104(93-58-73(59-94(105)96(93)99)65-30-9-2-10-31-65)97-81(66-32-11-3-12-33-66)54-72(64-28-7-1-8-29-64)55-82(97)67-34-13-4-14-35-67/h1-61H. The van der Waals surface area contributed by atoms with Gasteiger partial charge in [-0.3, -0.25) is 0 Å². The molecule has 6 nitrogen and oxygen atoms in total. The second kappa shape index (κ2) is 24.8. The molecule has 105 heavy (non-hydrogen) atoms. The van der Waals surface area contributed by atoms with E-state index in [0.29, 0.717) is 16.7 Å². The van der Waals surface area contributed by atoms with Crippen LogP contribution in [-0.2, 0) is 0 Å². The van der Waals surface area contributed by atoms with Gasteiger partial charge in [0.05, 0.1) is 56.7 Å². The monoisotopic (exact) mass is 1330 g/mol. The van der Waals surface area contributed by atoms with Crippen LogP contribution in [0.2, 0.25) is 0 Å². The lowest BCUT2D eigenvalue weighted by atomic mass is 9.33. The van der Waals surface area contributed by atoms with E-state index in [1.807, 2.05) is 12.1 Å². The Morgan fingerprint density at radius 3 is 0.867 bits per heavy atom. The average Bonchev–Trinajstić information content (AvgIpc) is 1.67. The second-order valence-corrected chi connectivity index (χ2v) is 27.2. The molecule has 0 spiro atoms. The van der Waals surface area contributed by atoms with Crippen LogP contribution < -0.4 is 26.2 Å². The fourth-order valence-electron chi connectivity index (χ4n) is 17.0. The summed E-state index contributed by atoms with van der Waals surface area (Å²) in [5, 5.41) is 26.9. The van der Waals surface area contributed by atoms with Crippen LogP contribution in [-0.4, -0.2) is 15.8 Å². The van der Waals surface area contributed by atoms with Crippen molar-refractivity contribution in [3.63, 3.8) is 0 Å². The van der Waals surface area contributed by atoms with Crippen LogP contribution in [0, 0.1) is 22.7 Å². The zero-order valence-electron chi connectivity index (χ0n) is 57.0. The number of rotatable bonds is 11. The van der Waals surface area contributed by atoms with Crippen molar-refractivity contribution < 1.29 is 0 Å². The third kappa shape index (κ3) is 9.79. The predicted molar refractivity (Wildman–Crippen MR) is 437 cm³/mol. The summed E-state index contributed by atoms with van der Waals surface area (Å²) in [6.45, 7) is -0.346. The van der Waals surface area contributed by atoms with Crippen molar-refractivity contribution in [2.45, 2.75) is 0 Å². The maximum absolute atomic E-state index is 11.1. The molecular weight excluding hydrogens is 1270 g/mol. The summed E-state index contributed by atoms with van der Waals surface area (Å²) in [4.78, 5) is 5.24. The van der Waals surface area contributed by atoms with Gasteiger partial charge < -0.3 is 18.9 Å². The third-order valence-electron chi connectivity index (χ3n) is 21.5. The highest BCUT2D eigenvalue weighted by Crippen LogP contribution is 2.56. The highest BCUT2D eigenvalue weighted by atomic mass is 15.2. The highest BCUT2D eigenvalue weighted by molar-refractivity contribution is 7.00. The maximum Gasteiger partial charge on any atom is 0.252 e. The van der Waals surface area contributed by atoms with Crippen molar-refractivity contribution in [3.05, 3.63) is 381 Å². The molecule has 0 saturated carbocycles. The largest absolute Gasteiger partial charge is 0.310 e. The van der Waals surface area contributed by atoms with Gasteiger partial charge in [-0.15, -0.1) is 0 Å². The molecule has 20 rings (SSSR count). The number of benzene rings is 16. The lowest BCUT2D eigenvalue weighted by Crippen LogP contribution is -2.61. The van der Waals surface area contributed by atoms with Crippen molar-refractivity contribution in [1.82, 2.24) is 9.13 Å². The zero-order chi connectivity index (χ0) is 69.6. The van der Waals surface area contributed by atoms with E-state index in [4.69, 9.17) is 0 Å². The molecule has 0 saturated heterocycles. The summed E-state index contributed by atoms with van der Waals surface area (Å²) < 4.78 is 4.90. The summed E-state index contributed by atoms with van der Waals surface area (Å²) in [5.41, 5.74) is 30.7. The van der Waals surface area contributed by atoms with Crippen molar-refractivity contribution in [2.24, 2.45) is 0 Å². The van der Waals surface area contributed by atoms with Gasteiger partial charge in [-0.1, -0.05) is 273 Å². The second-order valence-electron chi connectivity index (χ2n) is 27.2. The molecule has 16 aromatic carbocycles. The lowest BCUT2D eigenvalue weighted by molar-refractivity contribution is 1.17. The Balaban J connectivity index is 0.984. The number of fused-ring (bicyclic) bond motifs is 10. The fraction of sp³-hybridized carbons (Fsp3) is 0. The maximum atomic E-state index is 11.1. The molecule has 0 N–H and O–H groups in total. The Hall–Kier alpha value is -14.2. The smallest absolute Gasteiger partial charge is 0.252 e. The molecule has 2 aromatic heterocycles. The summed E-state index contributed by atoms with van der Waals surface area (Å²) in [5.74, 6) is 0. The number of nitriles is 2. The van der Waals surface area contributed by atoms with Gasteiger partial charge >= 0.3 is 0 Å². The first-order valence-electron chi connectivity index (χ1n) is 35.7. The van der Waals surface area contributed by atoms with Crippen LogP contribution in [0.5, 0.6) is 0 Å². The molecule has 0 atom stereocenters. The number of hydrogen-bond acceptors (Lipinski definition) is 4. The molecule has 7 heteroatoms. The number of hydrogen-bond donors (Lipinski definition) is 0. The van der Waals surface area contributed by atoms with Gasteiger partial charge in [0.15, 0.2) is 0 Å². The molecule has 0 fully saturated rings. The summed E-state index contributed by atoms with van der Waals surface area (Å²) in [7, 11) is 0. The predicted octanol–water partition coefficient (Wildman–Crippen LogP) is 23.4. The van der Waals surface area contributed by atoms with Gasteiger partial charge in [0.25, 0.3) is 6.71 Å². The van der Waals surface area contributed by atoms with Gasteiger partial charge in [0, 0.05) is 83.5 Å². The molecule has 2 aliphatic heterocycles. The fourth-order valence-corrected chi connectivity index (χ4v) is 17.0. The van der Waals surface area contributed by atoms with Gasteiger partial charge in [-0.25, -0.2) is 0 Å². The SMILES string of the molecule is N#Cc1cccc(C#N)c1-c1cc(-c2ccccc2)c(N2c3cc(-n4c5ccccc5c5ccccc54)ccc3B3c4ccc(-n5c6ccccc6c6ccccc65)cc4N(c4c(-c5ccccc5)cc(-c5ccccc5)cc4-c4ccccc4)c4cc(-c5ccccc5)cc2c43)c(-c2ccccc2)c1. The minimum Gasteiger partial charge on any atom is -0.310 e. The molecule has 0 amide bonds. The first kappa shape index (κ1) is 60.7. The van der Waals surface area contributed by atoms with E-state index in [0.717, 1.165) is 156 Å². The summed E-state index contributed by atoms with van der Waals surface area (Å²) >= 11 is 0. The first-order valence-corrected chi connectivity index (χ1v) is 35.7. The normalized spacial score (nSPS) is 12.1. The molecule has 0 radical (unpaired) electrons. The van der Waals surface area contributed by atoms with Crippen LogP contribution in [0.4, 0.5) is 34.1 Å². The number of nitrogens with zero attached hydrogens (tertiary/aromatic N) is 6. The van der Waals surface area contributed by atoms with Crippen molar-refractivity contribution >= 4 is 101 Å². The number of aromatic nitrogens is 2. The minimum absolute atomic E-state index is 0.346. The van der Waals surface area contributed by atoms with Crippen LogP contribution in [0.25, 0.3) is 133 Å². The molecule has 0 aliphatic carbocycles. The molecule has 2 aliphatic rings. The molecule has 0 bridgehead atoms. The Labute approximate surface area is 609 Å². The Bertz CT molecular complexity index is 6350. The van der Waals surface area contributed by atoms with E-state index in [-0.39, 0.29) is 6.71 Å². The van der Waals surface area contributed by atoms with E-state index in [2.05, 4.69) is 383 Å². The minimum atomic E-state index is -0.346. The van der Waals surface area contributed by atoms with Crippen molar-refractivity contribution in [2.75, 3.05) is 9.80 Å². The van der Waals surface area contributed by atoms with Crippen LogP contribution in [0.1, 0.15) is 11.1 Å². The van der Waals surface area contributed by atoms with Gasteiger partial charge in [-0.2, -0.15) is 10.5 Å². The lowest BCUT2D eigenvalue weighted by Gasteiger charge is -2.46. The van der Waals surface area contributed by atoms with Crippen LogP contribution in [0.3, 0.4) is 0 Å². The highest BCUT2D eigenvalue weighted by Gasteiger charge is 2.46. The third-order valence-corrected chi connectivity index (χ3v) is 21.5. The molecule has 0 unspecified atom stereocenters. The van der Waals surface area contributed by atoms with E-state index in [1.54, 1.807) is 6.07 Å². The molecule has 486 valence electrons. The summed E-state index contributed by atoms with van der Waals surface area (Å²) in [6, 6.07) is 139. The van der Waals surface area contributed by atoms with Crippen LogP contribution in [0.15, 0.2) is 370 Å². The Morgan fingerprint density at radius 1 is 0.238 bits per heavy atom. The Kier molecular flexibility index (Phi) is 14.4. The van der Waals surface area contributed by atoms with Gasteiger partial charge in [0.2, 0.25) is 0 Å². The van der Waals surface area contributed by atoms with E-state index < -0.39 is 0 Å². The Morgan fingerprint density at radius 2 is 0.533 bits per heavy atom. The van der Waals surface area contributed by atoms with E-state index >= 15 is 0 Å². The van der Waals surface area contributed by atoms with Gasteiger partial charge in [0.1, 0.15) is 0 Å². The van der Waals surface area contributed by atoms with Crippen molar-refractivity contribution in [3.8, 4) is 101 Å². The van der Waals surface area contributed by atoms with Gasteiger partial charge in [-0.05, 0) is 164 Å². The number of para-hydroxylation sites is 4. The van der Waals surface area contributed by atoms with E-state index in [9.17, 15) is 10.5 Å². The topological polar surface area (TPSA) is 63.9 Å². The molecule has 4 heterocycles. The average molecular weight is 1330 g/mol. The first-order chi connectivity index (χ1) is 52.0. The molecule has 18 aromatic rings. The zero-order valence-corrected chi connectivity index (χ0v) is 57.0. The van der Waals surface area contributed by atoms with Crippen LogP contribution >= 0.6 is 0 Å². The quantitative estimate of drug-likeness (QED) is 0.121. The van der Waals surface area contributed by atoms with E-state index in [1.165, 1.54) is 21.5 Å². The number of anilines is 6. The summed E-state index contributed by atoms with van der Waals surface area (Å²) in [6.07, 6.45) is 0. The molecular formula is C98H61BN6. The van der Waals surface area contributed by atoms with Crippen molar-refractivity contribution in [1.29, 1.82) is 10.5 Å².